The lowest BCUT2D eigenvalue weighted by atomic mass is 10.0. The van der Waals surface area contributed by atoms with Gasteiger partial charge in [0.1, 0.15) is 69.2 Å². The number of fused-ring (bicyclic) bond motifs is 3. The highest BCUT2D eigenvalue weighted by molar-refractivity contribution is 7.87. The van der Waals surface area contributed by atoms with Crippen molar-refractivity contribution in [1.29, 1.82) is 0 Å². The molecule has 83 heavy (non-hydrogen) atoms. The number of azo groups is 4. The van der Waals surface area contributed by atoms with Crippen LogP contribution in [0.25, 0.3) is 32.3 Å². The first-order valence-electron chi connectivity index (χ1n) is 21.6. The van der Waals surface area contributed by atoms with Crippen LogP contribution in [0.2, 0.25) is 0 Å². The number of methoxy groups -OCH3 is 1. The van der Waals surface area contributed by atoms with E-state index in [4.69, 9.17) is 10.5 Å². The topological polar surface area (TPSA) is 564 Å². The number of hydrogen-bond donors (Lipinski definition) is 10. The van der Waals surface area contributed by atoms with Crippen molar-refractivity contribution in [2.24, 2.45) is 40.9 Å². The number of nitrogens with zero attached hydrogens (tertiary/aromatic N) is 9. The molecule has 0 amide bonds. The minimum Gasteiger partial charge on any atom is -0.505 e. The number of aromatic hydroxyl groups is 3. The van der Waals surface area contributed by atoms with Crippen LogP contribution in [0, 0.1) is 10.1 Å². The Morgan fingerprint density at radius 2 is 0.783 bits per heavy atom. The number of benzene rings is 8. The lowest BCUT2D eigenvalue weighted by Crippen LogP contribution is -2.03. The number of nitro benzene ring substituents is 1. The number of hydrogen-bond acceptors (Lipinski definition) is 27. The molecule has 40 heteroatoms. The van der Waals surface area contributed by atoms with Crippen LogP contribution >= 0.6 is 0 Å². The summed E-state index contributed by atoms with van der Waals surface area (Å²) in [5.41, 5.74) is -1.51. The van der Waals surface area contributed by atoms with Crippen LogP contribution in [0.4, 0.5) is 56.9 Å². The molecule has 0 spiro atoms. The summed E-state index contributed by atoms with van der Waals surface area (Å²) in [4.78, 5) is 3.41. The molecule has 0 aliphatic heterocycles. The minimum atomic E-state index is -5.48. The number of nitrogen functional groups attached to an aromatic ring is 1. The van der Waals surface area contributed by atoms with Crippen molar-refractivity contribution in [3.63, 3.8) is 0 Å². The predicted octanol–water partition coefficient (Wildman–Crippen LogP) is 8.90. The van der Waals surface area contributed by atoms with Gasteiger partial charge in [0.25, 0.3) is 66.4 Å². The van der Waals surface area contributed by atoms with Crippen molar-refractivity contribution in [2.45, 2.75) is 29.4 Å². The van der Waals surface area contributed by atoms with Crippen LogP contribution in [0.1, 0.15) is 0 Å². The van der Waals surface area contributed by atoms with Gasteiger partial charge in [0.15, 0.2) is 17.2 Å². The molecule has 432 valence electrons. The fourth-order valence-electron chi connectivity index (χ4n) is 7.73. The van der Waals surface area contributed by atoms with Crippen molar-refractivity contribution in [1.82, 2.24) is 0 Å². The SMILES string of the molecule is COc1ccc(/N=N\c2c(S(=O)(=O)O)cc3cc(/N=N\c4c(S(=O)(=O)O)cc5cc(S(=O)(=O)O)c(N=Nc6ccc7c(O)c(N=Nc8ccc([N+](=O)[O-])cc8S(=O)(=O)O)c(S(=O)(=O)O)cc7c6)c(N)c5c4O)ccc3c2O)c(S(=O)(=O)O)c1. The molecule has 34 nitrogen and oxygen atoms in total. The van der Waals surface area contributed by atoms with E-state index < -0.39 is 169 Å². The molecule has 0 saturated heterocycles. The third-order valence-corrected chi connectivity index (χ3v) is 16.7. The van der Waals surface area contributed by atoms with Crippen molar-refractivity contribution in [3.05, 3.63) is 107 Å². The number of non-ortho nitro benzene ring substituents is 1. The number of nitro groups is 1. The third-order valence-electron chi connectivity index (χ3n) is 11.4. The molecule has 0 radical (unpaired) electrons. The number of phenolic OH excluding ortho intramolecular Hbond substituents is 3. The molecule has 11 N–H and O–H groups in total. The fourth-order valence-corrected chi connectivity index (χ4v) is 11.7. The molecule has 0 heterocycles. The summed E-state index contributed by atoms with van der Waals surface area (Å²) >= 11 is 0. The molecule has 8 aromatic rings. The van der Waals surface area contributed by atoms with E-state index in [1.165, 1.54) is 13.2 Å². The Kier molecular flexibility index (Phi) is 15.4. The molecule has 0 unspecified atom stereocenters. The number of nitrogens with two attached hydrogens (primary N) is 1. The molecule has 0 aromatic heterocycles. The highest BCUT2D eigenvalue weighted by Gasteiger charge is 2.30. The number of anilines is 1. The van der Waals surface area contributed by atoms with Crippen LogP contribution in [-0.2, 0) is 60.7 Å². The van der Waals surface area contributed by atoms with Crippen molar-refractivity contribution >= 4 is 150 Å². The number of ether oxygens (including phenoxy) is 1. The van der Waals surface area contributed by atoms with Crippen LogP contribution in [0.5, 0.6) is 23.0 Å². The molecule has 0 atom stereocenters. The lowest BCUT2D eigenvalue weighted by Gasteiger charge is -2.14. The Morgan fingerprint density at radius 1 is 0.422 bits per heavy atom. The highest BCUT2D eigenvalue weighted by atomic mass is 32.2. The molecule has 0 bridgehead atoms. The number of rotatable bonds is 16. The van der Waals surface area contributed by atoms with Gasteiger partial charge in [0, 0.05) is 29.0 Å². The monoisotopic (exact) mass is 1260 g/mol. The fraction of sp³-hybridized carbons (Fsp3) is 0.0233. The van der Waals surface area contributed by atoms with E-state index in [1.807, 2.05) is 0 Å². The molecule has 0 aliphatic rings. The second kappa shape index (κ2) is 21.3. The Bertz CT molecular complexity index is 5040. The zero-order valence-electron chi connectivity index (χ0n) is 40.4. The van der Waals surface area contributed by atoms with E-state index in [9.17, 15) is 103 Å². The van der Waals surface area contributed by atoms with Crippen LogP contribution in [0.3, 0.4) is 0 Å². The maximum Gasteiger partial charge on any atom is 0.297 e. The van der Waals surface area contributed by atoms with E-state index in [0.717, 1.165) is 60.7 Å². The van der Waals surface area contributed by atoms with Crippen LogP contribution in [-0.4, -0.2) is 105 Å². The Balaban J connectivity index is 1.21. The van der Waals surface area contributed by atoms with Crippen molar-refractivity contribution in [2.75, 3.05) is 12.8 Å². The van der Waals surface area contributed by atoms with Gasteiger partial charge in [-0.3, -0.25) is 37.4 Å². The normalized spacial score (nSPS) is 13.2. The van der Waals surface area contributed by atoms with E-state index in [1.54, 1.807) is 0 Å². The summed E-state index contributed by atoms with van der Waals surface area (Å²) in [7, 11) is -30.7. The lowest BCUT2D eigenvalue weighted by molar-refractivity contribution is -0.385. The number of phenols is 3. The first kappa shape index (κ1) is 59.9. The zero-order valence-corrected chi connectivity index (χ0v) is 45.3. The Morgan fingerprint density at radius 3 is 1.19 bits per heavy atom. The smallest absolute Gasteiger partial charge is 0.297 e. The molecule has 8 rings (SSSR count). The maximum absolute atomic E-state index is 12.8. The molecule has 0 aliphatic carbocycles. The van der Waals surface area contributed by atoms with Gasteiger partial charge in [-0.2, -0.15) is 60.7 Å². The second-order valence-corrected chi connectivity index (χ2v) is 25.0. The Hall–Kier alpha value is -9.20. The highest BCUT2D eigenvalue weighted by Crippen LogP contribution is 2.50. The van der Waals surface area contributed by atoms with E-state index in [-0.39, 0.29) is 38.7 Å². The average molecular weight is 1260 g/mol. The van der Waals surface area contributed by atoms with Crippen LogP contribution < -0.4 is 10.5 Å². The first-order valence-corrected chi connectivity index (χ1v) is 30.2. The summed E-state index contributed by atoms with van der Waals surface area (Å²) in [6, 6.07) is 13.6. The summed E-state index contributed by atoms with van der Waals surface area (Å²) < 4.78 is 215. The summed E-state index contributed by atoms with van der Waals surface area (Å²) in [5, 5.41) is 72.3. The Labute approximate surface area is 463 Å². The summed E-state index contributed by atoms with van der Waals surface area (Å²) in [5.74, 6) is -3.35. The molecule has 0 fully saturated rings. The van der Waals surface area contributed by atoms with E-state index in [2.05, 4.69) is 40.9 Å². The molecule has 8 aromatic carbocycles. The van der Waals surface area contributed by atoms with E-state index in [0.29, 0.717) is 30.3 Å². The van der Waals surface area contributed by atoms with Crippen molar-refractivity contribution < 1.29 is 103 Å². The standard InChI is InChI=1S/C43H30N10O24S6/c1-77-24-5-9-28(30(17-24)79(62,63)64)48-52-39-33(82(71,72)73)13-19-11-22(3-7-26(19)42(39)55)46-50-40-34(83(74,75)76)15-20-14-31(80(65,66)67)37(36(44)35(20)43(40)56)49-45-21-2-6-25-18(10-21)12-32(81(68,69)70)38(41(25)54)51-47-27-8-4-23(53(57)58)16-29(27)78(59,60)61/h2-17,54-56H,44H2,1H3,(H,59,60,61)(H,62,63,64)(H,65,66,67)(H,68,69,70)(H,71,72,73)(H,74,75,76)/b49-45?,50-46-,51-47?,52-48-. The minimum absolute atomic E-state index is 0.0534. The predicted molar refractivity (Wildman–Crippen MR) is 283 cm³/mol. The maximum atomic E-state index is 12.8. The van der Waals surface area contributed by atoms with Crippen molar-refractivity contribution in [3.8, 4) is 23.0 Å². The molecule has 0 saturated carbocycles. The second-order valence-electron chi connectivity index (χ2n) is 16.7. The van der Waals surface area contributed by atoms with E-state index >= 15 is 0 Å². The molecular formula is C43H30N10O24S6. The summed E-state index contributed by atoms with van der Waals surface area (Å²) in [6.07, 6.45) is 0. The average Bonchev–Trinajstić information content (AvgIpc) is 3.00. The van der Waals surface area contributed by atoms with Crippen LogP contribution in [0.15, 0.2) is 167 Å². The van der Waals surface area contributed by atoms with Gasteiger partial charge in [-0.15, -0.1) is 30.7 Å². The zero-order chi connectivity index (χ0) is 61.3. The van der Waals surface area contributed by atoms with Gasteiger partial charge in [-0.1, -0.05) is 0 Å². The first-order chi connectivity index (χ1) is 38.4. The van der Waals surface area contributed by atoms with Gasteiger partial charge < -0.3 is 25.8 Å². The van der Waals surface area contributed by atoms with Gasteiger partial charge >= 0.3 is 0 Å². The summed E-state index contributed by atoms with van der Waals surface area (Å²) in [6.45, 7) is 0. The van der Waals surface area contributed by atoms with Gasteiger partial charge in [-0.25, -0.2) is 0 Å². The largest absolute Gasteiger partial charge is 0.505 e. The molecular weight excluding hydrogens is 1230 g/mol. The van der Waals surface area contributed by atoms with Gasteiger partial charge in [0.05, 0.1) is 34.5 Å². The van der Waals surface area contributed by atoms with Gasteiger partial charge in [0.2, 0.25) is 0 Å². The quantitative estimate of drug-likeness (QED) is 0.0142. The third kappa shape index (κ3) is 12.2. The van der Waals surface area contributed by atoms with Gasteiger partial charge in [-0.05, 0) is 95.0 Å².